The predicted octanol–water partition coefficient (Wildman–Crippen LogP) is 4.84. The molecule has 0 spiro atoms. The Bertz CT molecular complexity index is 915. The van der Waals surface area contributed by atoms with Crippen LogP contribution in [0, 0.1) is 0 Å². The number of hydrogen-bond acceptors (Lipinski definition) is 3. The zero-order valence-corrected chi connectivity index (χ0v) is 14.5. The van der Waals surface area contributed by atoms with Crippen LogP contribution in [-0.4, -0.2) is 20.7 Å². The van der Waals surface area contributed by atoms with Gasteiger partial charge in [0.15, 0.2) is 0 Å². The minimum absolute atomic E-state index is 0.228. The Kier molecular flexibility index (Phi) is 4.40. The van der Waals surface area contributed by atoms with Gasteiger partial charge in [-0.05, 0) is 37.1 Å². The molecule has 6 heteroatoms. The van der Waals surface area contributed by atoms with Crippen LogP contribution in [0.4, 0.5) is 5.69 Å². The number of amides is 1. The van der Waals surface area contributed by atoms with Crippen LogP contribution in [-0.2, 0) is 0 Å². The molecule has 2 aromatic heterocycles. The minimum Gasteiger partial charge on any atom is -0.322 e. The van der Waals surface area contributed by atoms with E-state index in [-0.39, 0.29) is 5.91 Å². The van der Waals surface area contributed by atoms with Gasteiger partial charge >= 0.3 is 0 Å². The van der Waals surface area contributed by atoms with E-state index in [0.29, 0.717) is 16.6 Å². The first-order chi connectivity index (χ1) is 12.2. The quantitative estimate of drug-likeness (QED) is 0.731. The average molecular weight is 355 g/mol. The Morgan fingerprint density at radius 3 is 2.80 bits per heavy atom. The van der Waals surface area contributed by atoms with Crippen molar-refractivity contribution >= 4 is 34.1 Å². The molecule has 1 aromatic carbocycles. The molecule has 1 saturated carbocycles. The first-order valence-corrected chi connectivity index (χ1v) is 8.98. The van der Waals surface area contributed by atoms with Crippen molar-refractivity contribution < 1.29 is 4.79 Å². The summed E-state index contributed by atoms with van der Waals surface area (Å²) >= 11 is 5.89. The molecular weight excluding hydrogens is 336 g/mol. The van der Waals surface area contributed by atoms with Crippen molar-refractivity contribution in [2.24, 2.45) is 0 Å². The second-order valence-corrected chi connectivity index (χ2v) is 6.96. The number of aromatic nitrogens is 3. The standard InChI is InChI=1S/C19H19ClN4O/c20-15-8-13(10-21-11-15)19(25)22-16-6-7-18-14(9-16)12-24(23-18)17-4-2-1-3-5-17/h6-12,17H,1-5H2,(H,22,25). The van der Waals surface area contributed by atoms with Crippen molar-refractivity contribution in [3.63, 3.8) is 0 Å². The van der Waals surface area contributed by atoms with Crippen molar-refractivity contribution in [3.05, 3.63) is 53.4 Å². The molecule has 0 aliphatic heterocycles. The first-order valence-electron chi connectivity index (χ1n) is 8.60. The minimum atomic E-state index is -0.228. The van der Waals surface area contributed by atoms with Crippen molar-refractivity contribution in [2.75, 3.05) is 5.32 Å². The lowest BCUT2D eigenvalue weighted by Gasteiger charge is -2.21. The van der Waals surface area contributed by atoms with Gasteiger partial charge < -0.3 is 5.32 Å². The maximum atomic E-state index is 12.3. The number of carbonyl (C=O) groups is 1. The largest absolute Gasteiger partial charge is 0.322 e. The zero-order chi connectivity index (χ0) is 17.2. The average Bonchev–Trinajstić information content (AvgIpc) is 3.06. The van der Waals surface area contributed by atoms with Gasteiger partial charge in [0, 0.05) is 29.7 Å². The van der Waals surface area contributed by atoms with E-state index in [2.05, 4.69) is 21.2 Å². The first kappa shape index (κ1) is 16.1. The number of rotatable bonds is 3. The van der Waals surface area contributed by atoms with Crippen molar-refractivity contribution in [2.45, 2.75) is 38.1 Å². The van der Waals surface area contributed by atoms with Crippen LogP contribution in [0.25, 0.3) is 10.9 Å². The number of pyridine rings is 1. The molecule has 128 valence electrons. The third-order valence-corrected chi connectivity index (χ3v) is 4.90. The number of anilines is 1. The third kappa shape index (κ3) is 3.51. The maximum absolute atomic E-state index is 12.3. The molecule has 4 rings (SSSR count). The molecule has 3 aromatic rings. The van der Waals surface area contributed by atoms with Gasteiger partial charge in [-0.2, -0.15) is 5.10 Å². The second-order valence-electron chi connectivity index (χ2n) is 6.52. The summed E-state index contributed by atoms with van der Waals surface area (Å²) in [6.07, 6.45) is 11.4. The van der Waals surface area contributed by atoms with E-state index in [1.54, 1.807) is 6.07 Å². The number of benzene rings is 1. The van der Waals surface area contributed by atoms with Gasteiger partial charge in [0.2, 0.25) is 0 Å². The molecule has 5 nitrogen and oxygen atoms in total. The molecule has 1 N–H and O–H groups in total. The lowest BCUT2D eigenvalue weighted by atomic mass is 9.96. The number of hydrogen-bond donors (Lipinski definition) is 1. The Labute approximate surface area is 151 Å². The molecule has 2 heterocycles. The van der Waals surface area contributed by atoms with Gasteiger partial charge in [-0.25, -0.2) is 0 Å². The van der Waals surface area contributed by atoms with Gasteiger partial charge in [-0.15, -0.1) is 0 Å². The highest BCUT2D eigenvalue weighted by Crippen LogP contribution is 2.29. The molecule has 25 heavy (non-hydrogen) atoms. The summed E-state index contributed by atoms with van der Waals surface area (Å²) in [5.74, 6) is -0.228. The molecule has 1 aliphatic carbocycles. The van der Waals surface area contributed by atoms with E-state index in [4.69, 9.17) is 16.7 Å². The topological polar surface area (TPSA) is 59.8 Å². The Balaban J connectivity index is 1.55. The van der Waals surface area contributed by atoms with Crippen LogP contribution in [0.15, 0.2) is 42.9 Å². The molecule has 0 saturated heterocycles. The molecule has 1 fully saturated rings. The summed E-state index contributed by atoms with van der Waals surface area (Å²) in [5.41, 5.74) is 2.12. The number of halogens is 1. The lowest BCUT2D eigenvalue weighted by molar-refractivity contribution is 0.102. The van der Waals surface area contributed by atoms with Gasteiger partial charge in [-0.1, -0.05) is 30.9 Å². The van der Waals surface area contributed by atoms with E-state index in [1.807, 2.05) is 18.2 Å². The van der Waals surface area contributed by atoms with Crippen LogP contribution in [0.3, 0.4) is 0 Å². The highest BCUT2D eigenvalue weighted by atomic mass is 35.5. The molecule has 0 bridgehead atoms. The van der Waals surface area contributed by atoms with Crippen molar-refractivity contribution in [1.82, 2.24) is 14.8 Å². The molecule has 0 atom stereocenters. The molecule has 0 unspecified atom stereocenters. The highest BCUT2D eigenvalue weighted by molar-refractivity contribution is 6.30. The molecule has 1 amide bonds. The number of carbonyl (C=O) groups excluding carboxylic acids is 1. The summed E-state index contributed by atoms with van der Waals surface area (Å²) in [4.78, 5) is 16.3. The fourth-order valence-electron chi connectivity index (χ4n) is 3.39. The molecule has 0 radical (unpaired) electrons. The Hall–Kier alpha value is -2.40. The van der Waals surface area contributed by atoms with E-state index in [9.17, 15) is 4.79 Å². The van der Waals surface area contributed by atoms with E-state index >= 15 is 0 Å². The maximum Gasteiger partial charge on any atom is 0.257 e. The number of fused-ring (bicyclic) bond motifs is 1. The van der Waals surface area contributed by atoms with Crippen LogP contribution in [0.5, 0.6) is 0 Å². The van der Waals surface area contributed by atoms with Gasteiger partial charge in [0.1, 0.15) is 0 Å². The fourth-order valence-corrected chi connectivity index (χ4v) is 3.57. The summed E-state index contributed by atoms with van der Waals surface area (Å²) in [5, 5.41) is 9.07. The van der Waals surface area contributed by atoms with Crippen LogP contribution in [0.2, 0.25) is 5.02 Å². The van der Waals surface area contributed by atoms with Gasteiger partial charge in [0.05, 0.1) is 22.1 Å². The zero-order valence-electron chi connectivity index (χ0n) is 13.8. The van der Waals surface area contributed by atoms with Crippen LogP contribution in [0.1, 0.15) is 48.5 Å². The summed E-state index contributed by atoms with van der Waals surface area (Å²) in [7, 11) is 0. The Morgan fingerprint density at radius 2 is 2.00 bits per heavy atom. The smallest absolute Gasteiger partial charge is 0.257 e. The number of nitrogens with zero attached hydrogens (tertiary/aromatic N) is 3. The van der Waals surface area contributed by atoms with E-state index < -0.39 is 0 Å². The monoisotopic (exact) mass is 354 g/mol. The fraction of sp³-hybridized carbons (Fsp3) is 0.316. The number of nitrogens with one attached hydrogen (secondary N) is 1. The summed E-state index contributed by atoms with van der Waals surface area (Å²) in [6, 6.07) is 7.87. The lowest BCUT2D eigenvalue weighted by Crippen LogP contribution is -2.12. The molecular formula is C19H19ClN4O. The van der Waals surface area contributed by atoms with E-state index in [0.717, 1.165) is 16.6 Å². The van der Waals surface area contributed by atoms with Crippen molar-refractivity contribution in [1.29, 1.82) is 0 Å². The van der Waals surface area contributed by atoms with E-state index in [1.165, 1.54) is 44.5 Å². The van der Waals surface area contributed by atoms with Gasteiger partial charge in [0.25, 0.3) is 5.91 Å². The Morgan fingerprint density at radius 1 is 1.16 bits per heavy atom. The van der Waals surface area contributed by atoms with Crippen molar-refractivity contribution in [3.8, 4) is 0 Å². The predicted molar refractivity (Wildman–Crippen MR) is 99.1 cm³/mol. The van der Waals surface area contributed by atoms with Gasteiger partial charge in [-0.3, -0.25) is 14.5 Å². The SMILES string of the molecule is O=C(Nc1ccc2nn(C3CCCCC3)cc2c1)c1cncc(Cl)c1. The third-order valence-electron chi connectivity index (χ3n) is 4.70. The summed E-state index contributed by atoms with van der Waals surface area (Å²) in [6.45, 7) is 0. The second kappa shape index (κ2) is 6.84. The van der Waals surface area contributed by atoms with Crippen LogP contribution < -0.4 is 5.32 Å². The normalized spacial score (nSPS) is 15.4. The van der Waals surface area contributed by atoms with Crippen LogP contribution >= 0.6 is 11.6 Å². The molecule has 1 aliphatic rings. The highest BCUT2D eigenvalue weighted by Gasteiger charge is 2.16. The summed E-state index contributed by atoms with van der Waals surface area (Å²) < 4.78 is 2.09.